The molecule has 1 aromatic rings. The second-order valence-corrected chi connectivity index (χ2v) is 7.05. The van der Waals surface area contributed by atoms with E-state index in [-0.39, 0.29) is 0 Å². The van der Waals surface area contributed by atoms with Gasteiger partial charge in [-0.25, -0.2) is 0 Å². The van der Waals surface area contributed by atoms with Crippen molar-refractivity contribution in [1.82, 2.24) is 10.2 Å². The van der Waals surface area contributed by atoms with Crippen molar-refractivity contribution >= 4 is 17.3 Å². The highest BCUT2D eigenvalue weighted by molar-refractivity contribution is 7.80. The molecule has 2 rings (SSSR count). The topological polar surface area (TPSA) is 43.0 Å². The van der Waals surface area contributed by atoms with Crippen LogP contribution in [0.3, 0.4) is 0 Å². The molecule has 1 N–H and O–H groups in total. The third-order valence-corrected chi connectivity index (χ3v) is 4.92. The largest absolute Gasteiger partial charge is 0.493 e. The summed E-state index contributed by atoms with van der Waals surface area (Å²) in [5.41, 5.74) is 1.04. The summed E-state index contributed by atoms with van der Waals surface area (Å²) in [6, 6.07) is 4.73. The standard InChI is InChI=1S/C19H30N2O3S/c1-13(2)20-19(25)21(15-8-6-7-9-15)12-14-10-11-16(22-3)18(24-5)17(14)23-4/h10-11,13,15H,6-9,12H2,1-5H3,(H,20,25). The van der Waals surface area contributed by atoms with Crippen molar-refractivity contribution in [3.05, 3.63) is 17.7 Å². The Labute approximate surface area is 156 Å². The Morgan fingerprint density at radius 2 is 1.76 bits per heavy atom. The summed E-state index contributed by atoms with van der Waals surface area (Å²) in [6.45, 7) is 4.90. The van der Waals surface area contributed by atoms with Gasteiger partial charge >= 0.3 is 0 Å². The van der Waals surface area contributed by atoms with Crippen LogP contribution in [0.5, 0.6) is 17.2 Å². The quantitative estimate of drug-likeness (QED) is 0.742. The van der Waals surface area contributed by atoms with Crippen molar-refractivity contribution in [3.8, 4) is 17.2 Å². The molecule has 0 heterocycles. The van der Waals surface area contributed by atoms with Crippen LogP contribution in [0.1, 0.15) is 45.1 Å². The van der Waals surface area contributed by atoms with E-state index in [1.54, 1.807) is 21.3 Å². The number of nitrogens with one attached hydrogen (secondary N) is 1. The monoisotopic (exact) mass is 366 g/mol. The van der Waals surface area contributed by atoms with Crippen LogP contribution in [0.15, 0.2) is 12.1 Å². The zero-order valence-electron chi connectivity index (χ0n) is 15.9. The number of thiocarbonyl (C=S) groups is 1. The van der Waals surface area contributed by atoms with E-state index in [0.29, 0.717) is 35.9 Å². The molecule has 0 radical (unpaired) electrons. The lowest BCUT2D eigenvalue weighted by atomic mass is 10.1. The molecule has 0 unspecified atom stereocenters. The van der Waals surface area contributed by atoms with E-state index in [4.69, 9.17) is 26.4 Å². The highest BCUT2D eigenvalue weighted by Crippen LogP contribution is 2.40. The summed E-state index contributed by atoms with van der Waals surface area (Å²) in [4.78, 5) is 2.30. The van der Waals surface area contributed by atoms with E-state index < -0.39 is 0 Å². The van der Waals surface area contributed by atoms with Gasteiger partial charge in [0.15, 0.2) is 16.6 Å². The fraction of sp³-hybridized carbons (Fsp3) is 0.632. The highest BCUT2D eigenvalue weighted by Gasteiger charge is 2.27. The molecule has 0 aromatic heterocycles. The average molecular weight is 367 g/mol. The van der Waals surface area contributed by atoms with Gasteiger partial charge in [-0.1, -0.05) is 12.8 Å². The van der Waals surface area contributed by atoms with E-state index in [9.17, 15) is 0 Å². The van der Waals surface area contributed by atoms with E-state index >= 15 is 0 Å². The van der Waals surface area contributed by atoms with Gasteiger partial charge in [0.25, 0.3) is 0 Å². The molecule has 6 heteroatoms. The van der Waals surface area contributed by atoms with Crippen molar-refractivity contribution in [2.45, 2.75) is 58.2 Å². The molecular weight excluding hydrogens is 336 g/mol. The Morgan fingerprint density at radius 3 is 2.28 bits per heavy atom. The van der Waals surface area contributed by atoms with E-state index in [1.807, 2.05) is 12.1 Å². The van der Waals surface area contributed by atoms with E-state index in [0.717, 1.165) is 10.7 Å². The first-order valence-corrected chi connectivity index (χ1v) is 9.27. The van der Waals surface area contributed by atoms with Gasteiger partial charge in [0.1, 0.15) is 0 Å². The SMILES string of the molecule is COc1ccc(CN(C(=S)NC(C)C)C2CCCC2)c(OC)c1OC. The van der Waals surface area contributed by atoms with Gasteiger partial charge in [-0.15, -0.1) is 0 Å². The first kappa shape index (κ1) is 19.6. The zero-order chi connectivity index (χ0) is 18.4. The van der Waals surface area contributed by atoms with E-state index in [1.165, 1.54) is 25.7 Å². The smallest absolute Gasteiger partial charge is 0.203 e. The van der Waals surface area contributed by atoms with Gasteiger partial charge in [-0.2, -0.15) is 0 Å². The maximum Gasteiger partial charge on any atom is 0.203 e. The molecule has 1 aliphatic rings. The lowest BCUT2D eigenvalue weighted by molar-refractivity contribution is 0.287. The second kappa shape index (κ2) is 9.13. The molecule has 1 aliphatic carbocycles. The molecule has 1 fully saturated rings. The molecule has 5 nitrogen and oxygen atoms in total. The molecule has 140 valence electrons. The molecular formula is C19H30N2O3S. The molecule has 0 amide bonds. The number of ether oxygens (including phenoxy) is 3. The van der Waals surface area contributed by atoms with Gasteiger partial charge in [0.05, 0.1) is 21.3 Å². The number of benzene rings is 1. The Morgan fingerprint density at radius 1 is 1.12 bits per heavy atom. The number of methoxy groups -OCH3 is 3. The maximum absolute atomic E-state index is 5.69. The summed E-state index contributed by atoms with van der Waals surface area (Å²) >= 11 is 5.69. The molecule has 0 saturated heterocycles. The van der Waals surface area contributed by atoms with Crippen LogP contribution in [-0.2, 0) is 6.54 Å². The van der Waals surface area contributed by atoms with Crippen LogP contribution in [0.25, 0.3) is 0 Å². The molecule has 0 spiro atoms. The van der Waals surface area contributed by atoms with Crippen LogP contribution >= 0.6 is 12.2 Å². The lowest BCUT2D eigenvalue weighted by Gasteiger charge is -2.33. The molecule has 25 heavy (non-hydrogen) atoms. The number of rotatable bonds is 7. The zero-order valence-corrected chi connectivity index (χ0v) is 16.7. The van der Waals surface area contributed by atoms with Gasteiger partial charge in [-0.3, -0.25) is 0 Å². The van der Waals surface area contributed by atoms with Crippen LogP contribution < -0.4 is 19.5 Å². The predicted octanol–water partition coefficient (Wildman–Crippen LogP) is 3.74. The highest BCUT2D eigenvalue weighted by atomic mass is 32.1. The molecule has 0 aliphatic heterocycles. The summed E-state index contributed by atoms with van der Waals surface area (Å²) in [7, 11) is 4.92. The molecule has 1 aromatic carbocycles. The lowest BCUT2D eigenvalue weighted by Crippen LogP contribution is -2.46. The molecule has 1 saturated carbocycles. The Hall–Kier alpha value is -1.69. The van der Waals surface area contributed by atoms with Gasteiger partial charge < -0.3 is 24.4 Å². The summed E-state index contributed by atoms with van der Waals surface area (Å²) in [5.74, 6) is 1.99. The number of hydrogen-bond acceptors (Lipinski definition) is 4. The van der Waals surface area contributed by atoms with Crippen LogP contribution in [0.4, 0.5) is 0 Å². The van der Waals surface area contributed by atoms with Gasteiger partial charge in [-0.05, 0) is 51.0 Å². The first-order valence-electron chi connectivity index (χ1n) is 8.86. The predicted molar refractivity (Wildman–Crippen MR) is 105 cm³/mol. The van der Waals surface area contributed by atoms with Crippen molar-refractivity contribution in [1.29, 1.82) is 0 Å². The van der Waals surface area contributed by atoms with Crippen LogP contribution in [0, 0.1) is 0 Å². The van der Waals surface area contributed by atoms with Crippen LogP contribution in [-0.4, -0.2) is 43.4 Å². The number of hydrogen-bond donors (Lipinski definition) is 1. The minimum atomic E-state index is 0.309. The maximum atomic E-state index is 5.69. The van der Waals surface area contributed by atoms with Crippen molar-refractivity contribution in [2.24, 2.45) is 0 Å². The van der Waals surface area contributed by atoms with Crippen molar-refractivity contribution in [2.75, 3.05) is 21.3 Å². The Balaban J connectivity index is 2.32. The minimum absolute atomic E-state index is 0.309. The third kappa shape index (κ3) is 4.69. The summed E-state index contributed by atoms with van der Waals surface area (Å²) in [5, 5.41) is 4.19. The van der Waals surface area contributed by atoms with Gasteiger partial charge in [0.2, 0.25) is 5.75 Å². The van der Waals surface area contributed by atoms with E-state index in [2.05, 4.69) is 24.1 Å². The fourth-order valence-corrected chi connectivity index (χ4v) is 3.83. The third-order valence-electron chi connectivity index (χ3n) is 4.56. The van der Waals surface area contributed by atoms with Crippen molar-refractivity contribution in [3.63, 3.8) is 0 Å². The van der Waals surface area contributed by atoms with Crippen LogP contribution in [0.2, 0.25) is 0 Å². The molecule has 0 atom stereocenters. The first-order chi connectivity index (χ1) is 12.0. The summed E-state index contributed by atoms with van der Waals surface area (Å²) in [6.07, 6.45) is 4.87. The minimum Gasteiger partial charge on any atom is -0.493 e. The van der Waals surface area contributed by atoms with Gasteiger partial charge in [0, 0.05) is 24.2 Å². The average Bonchev–Trinajstić information content (AvgIpc) is 3.12. The fourth-order valence-electron chi connectivity index (χ4n) is 3.38. The normalized spacial score (nSPS) is 14.5. The van der Waals surface area contributed by atoms with Crippen molar-refractivity contribution < 1.29 is 14.2 Å². The molecule has 0 bridgehead atoms. The Bertz CT molecular complexity index is 586. The number of nitrogens with zero attached hydrogens (tertiary/aromatic N) is 1. The summed E-state index contributed by atoms with van der Waals surface area (Å²) < 4.78 is 16.5. The second-order valence-electron chi connectivity index (χ2n) is 6.66. The Kier molecular flexibility index (Phi) is 7.17.